The van der Waals surface area contributed by atoms with E-state index in [1.807, 2.05) is 0 Å². The first-order valence-corrected chi connectivity index (χ1v) is 9.03. The van der Waals surface area contributed by atoms with Crippen LogP contribution in [0.5, 0.6) is 5.75 Å². The number of rotatable bonds is 3. The summed E-state index contributed by atoms with van der Waals surface area (Å²) in [7, 11) is -3.83. The molecule has 0 saturated carbocycles. The van der Waals surface area contributed by atoms with Gasteiger partial charge < -0.3 is 15.2 Å². The summed E-state index contributed by atoms with van der Waals surface area (Å²) in [4.78, 5) is 22.6. The molecule has 1 aromatic carbocycles. The Labute approximate surface area is 139 Å². The second-order valence-electron chi connectivity index (χ2n) is 5.99. The van der Waals surface area contributed by atoms with Crippen molar-refractivity contribution in [3.8, 4) is 5.75 Å². The summed E-state index contributed by atoms with van der Waals surface area (Å²) >= 11 is 0. The molecule has 130 valence electrons. The quantitative estimate of drug-likeness (QED) is 0.830. The number of anilines is 1. The number of amides is 1. The molecule has 1 fully saturated rings. The molecule has 8 nitrogen and oxygen atoms in total. The van der Waals surface area contributed by atoms with E-state index in [4.69, 9.17) is 9.84 Å². The Hall–Kier alpha value is -2.13. The van der Waals surface area contributed by atoms with Crippen LogP contribution in [0.4, 0.5) is 5.69 Å². The van der Waals surface area contributed by atoms with Crippen molar-refractivity contribution in [1.82, 2.24) is 4.31 Å². The summed E-state index contributed by atoms with van der Waals surface area (Å²) in [5.74, 6) is -1.67. The third-order valence-corrected chi connectivity index (χ3v) is 6.27. The third kappa shape index (κ3) is 2.96. The highest BCUT2D eigenvalue weighted by Gasteiger charge is 2.34. The van der Waals surface area contributed by atoms with E-state index in [-0.39, 0.29) is 24.0 Å². The van der Waals surface area contributed by atoms with E-state index in [2.05, 4.69) is 5.32 Å². The second-order valence-corrected chi connectivity index (χ2v) is 7.90. The molecule has 24 heavy (non-hydrogen) atoms. The SMILES string of the molecule is Cc1cc2c(cc1S(=O)(=O)N1CCC[C@H](C(=O)O)C1)OCC(=O)N2. The van der Waals surface area contributed by atoms with Gasteiger partial charge in [-0.1, -0.05) is 0 Å². The van der Waals surface area contributed by atoms with Crippen molar-refractivity contribution < 1.29 is 27.9 Å². The van der Waals surface area contributed by atoms with Gasteiger partial charge in [-0.15, -0.1) is 0 Å². The number of carboxylic acids is 1. The maximum absolute atomic E-state index is 12.9. The molecule has 0 aliphatic carbocycles. The number of carboxylic acid groups (broad SMARTS) is 1. The van der Waals surface area contributed by atoms with Gasteiger partial charge in [0.25, 0.3) is 5.91 Å². The zero-order chi connectivity index (χ0) is 17.5. The van der Waals surface area contributed by atoms with Crippen molar-refractivity contribution >= 4 is 27.6 Å². The number of ether oxygens (including phenoxy) is 1. The van der Waals surface area contributed by atoms with Gasteiger partial charge in [-0.3, -0.25) is 9.59 Å². The molecule has 0 bridgehead atoms. The lowest BCUT2D eigenvalue weighted by Crippen LogP contribution is -2.42. The number of aryl methyl sites for hydroxylation is 1. The molecule has 1 saturated heterocycles. The van der Waals surface area contributed by atoms with E-state index in [0.29, 0.717) is 36.4 Å². The molecule has 2 aliphatic rings. The highest BCUT2D eigenvalue weighted by atomic mass is 32.2. The molecule has 0 aromatic heterocycles. The largest absolute Gasteiger partial charge is 0.482 e. The van der Waals surface area contributed by atoms with Crippen LogP contribution in [0.15, 0.2) is 17.0 Å². The molecule has 3 rings (SSSR count). The molecule has 0 radical (unpaired) electrons. The number of carbonyl (C=O) groups is 2. The maximum atomic E-state index is 12.9. The third-order valence-electron chi connectivity index (χ3n) is 4.26. The number of sulfonamides is 1. The smallest absolute Gasteiger partial charge is 0.307 e. The Balaban J connectivity index is 1.95. The average Bonchev–Trinajstić information content (AvgIpc) is 2.54. The Morgan fingerprint density at radius 3 is 2.88 bits per heavy atom. The van der Waals surface area contributed by atoms with Crippen LogP contribution in [0.2, 0.25) is 0 Å². The summed E-state index contributed by atoms with van der Waals surface area (Å²) in [6, 6.07) is 2.95. The van der Waals surface area contributed by atoms with E-state index >= 15 is 0 Å². The molecule has 1 atom stereocenters. The zero-order valence-corrected chi connectivity index (χ0v) is 13.9. The van der Waals surface area contributed by atoms with Crippen LogP contribution >= 0.6 is 0 Å². The van der Waals surface area contributed by atoms with Gasteiger partial charge in [0, 0.05) is 19.2 Å². The van der Waals surface area contributed by atoms with Crippen molar-refractivity contribution in [1.29, 1.82) is 0 Å². The minimum atomic E-state index is -3.83. The number of nitrogens with one attached hydrogen (secondary N) is 1. The Kier molecular flexibility index (Phi) is 4.22. The molecular weight excluding hydrogens is 336 g/mol. The summed E-state index contributed by atoms with van der Waals surface area (Å²) in [6.45, 7) is 1.72. The number of aliphatic carboxylic acids is 1. The van der Waals surface area contributed by atoms with Crippen LogP contribution < -0.4 is 10.1 Å². The molecule has 2 heterocycles. The summed E-state index contributed by atoms with van der Waals surface area (Å²) in [5, 5.41) is 11.8. The lowest BCUT2D eigenvalue weighted by Gasteiger charge is -2.30. The van der Waals surface area contributed by atoms with Gasteiger partial charge in [-0.2, -0.15) is 4.31 Å². The summed E-state index contributed by atoms with van der Waals surface area (Å²) in [6.07, 6.45) is 0.979. The van der Waals surface area contributed by atoms with Crippen LogP contribution in [0, 0.1) is 12.8 Å². The monoisotopic (exact) mass is 354 g/mol. The molecular formula is C15H18N2O6S. The standard InChI is InChI=1S/C15H18N2O6S/c1-9-5-11-12(23-8-14(18)16-11)6-13(9)24(21,22)17-4-2-3-10(7-17)15(19)20/h5-6,10H,2-4,7-8H2,1H3,(H,16,18)(H,19,20)/t10-/m0/s1. The van der Waals surface area contributed by atoms with Gasteiger partial charge in [0.1, 0.15) is 5.75 Å². The van der Waals surface area contributed by atoms with Crippen molar-refractivity contribution in [3.05, 3.63) is 17.7 Å². The van der Waals surface area contributed by atoms with Crippen molar-refractivity contribution in [2.24, 2.45) is 5.92 Å². The highest BCUT2D eigenvalue weighted by molar-refractivity contribution is 7.89. The number of carbonyl (C=O) groups excluding carboxylic acids is 1. The molecule has 0 unspecified atom stereocenters. The van der Waals surface area contributed by atoms with E-state index in [9.17, 15) is 18.0 Å². The molecule has 1 aromatic rings. The van der Waals surface area contributed by atoms with Crippen molar-refractivity contribution in [3.63, 3.8) is 0 Å². The minimum Gasteiger partial charge on any atom is -0.482 e. The zero-order valence-electron chi connectivity index (χ0n) is 13.1. The van der Waals surface area contributed by atoms with Gasteiger partial charge >= 0.3 is 5.97 Å². The maximum Gasteiger partial charge on any atom is 0.307 e. The predicted octanol–water partition coefficient (Wildman–Crippen LogP) is 0.811. The fraction of sp³-hybridized carbons (Fsp3) is 0.467. The van der Waals surface area contributed by atoms with Crippen molar-refractivity contribution in [2.45, 2.75) is 24.7 Å². The average molecular weight is 354 g/mol. The molecule has 2 aliphatic heterocycles. The topological polar surface area (TPSA) is 113 Å². The first-order chi connectivity index (χ1) is 11.3. The number of piperidine rings is 1. The minimum absolute atomic E-state index is 0.0359. The fourth-order valence-electron chi connectivity index (χ4n) is 3.00. The molecule has 1 amide bonds. The number of nitrogens with zero attached hydrogens (tertiary/aromatic N) is 1. The number of hydrogen-bond acceptors (Lipinski definition) is 5. The lowest BCUT2D eigenvalue weighted by atomic mass is 10.0. The fourth-order valence-corrected chi connectivity index (χ4v) is 4.74. The van der Waals surface area contributed by atoms with Gasteiger partial charge in [0.05, 0.1) is 16.5 Å². The van der Waals surface area contributed by atoms with Crippen LogP contribution in [-0.2, 0) is 19.6 Å². The Bertz CT molecular complexity index is 804. The van der Waals surface area contributed by atoms with Gasteiger partial charge in [0.15, 0.2) is 6.61 Å². The first-order valence-electron chi connectivity index (χ1n) is 7.59. The molecule has 0 spiro atoms. The molecule has 9 heteroatoms. The van der Waals surface area contributed by atoms with Gasteiger partial charge in [-0.25, -0.2) is 8.42 Å². The van der Waals surface area contributed by atoms with Crippen molar-refractivity contribution in [2.75, 3.05) is 25.0 Å². The Morgan fingerprint density at radius 2 is 2.17 bits per heavy atom. The van der Waals surface area contributed by atoms with E-state index in [0.717, 1.165) is 0 Å². The van der Waals surface area contributed by atoms with Crippen LogP contribution in [0.1, 0.15) is 18.4 Å². The van der Waals surface area contributed by atoms with E-state index < -0.39 is 21.9 Å². The van der Waals surface area contributed by atoms with Crippen LogP contribution in [0.3, 0.4) is 0 Å². The highest BCUT2D eigenvalue weighted by Crippen LogP contribution is 2.35. The Morgan fingerprint density at radius 1 is 1.42 bits per heavy atom. The van der Waals surface area contributed by atoms with E-state index in [1.165, 1.54) is 10.4 Å². The normalized spacial score (nSPS) is 21.5. The van der Waals surface area contributed by atoms with Gasteiger partial charge in [0.2, 0.25) is 10.0 Å². The number of benzene rings is 1. The number of hydrogen-bond donors (Lipinski definition) is 2. The predicted molar refractivity (Wildman–Crippen MR) is 84.4 cm³/mol. The lowest BCUT2D eigenvalue weighted by molar-refractivity contribution is -0.142. The van der Waals surface area contributed by atoms with E-state index in [1.54, 1.807) is 13.0 Å². The molecule has 2 N–H and O–H groups in total. The summed E-state index contributed by atoms with van der Waals surface area (Å²) < 4.78 is 32.3. The first kappa shape index (κ1) is 16.7. The van der Waals surface area contributed by atoms with Gasteiger partial charge in [-0.05, 0) is 31.4 Å². The second kappa shape index (κ2) is 6.06. The summed E-state index contributed by atoms with van der Waals surface area (Å²) in [5.41, 5.74) is 0.904. The van der Waals surface area contributed by atoms with Crippen LogP contribution in [0.25, 0.3) is 0 Å². The number of fused-ring (bicyclic) bond motifs is 1. The van der Waals surface area contributed by atoms with Crippen LogP contribution in [-0.4, -0.2) is 49.4 Å².